The average Bonchev–Trinajstić information content (AvgIpc) is 2.68. The minimum atomic E-state index is -0.535. The number of nitro groups is 1. The predicted molar refractivity (Wildman–Crippen MR) is 92.6 cm³/mol. The largest absolute Gasteiger partial charge is 0.352 e. The molecule has 0 aliphatic carbocycles. The van der Waals surface area contributed by atoms with Gasteiger partial charge in [-0.25, -0.2) is 4.39 Å². The highest BCUT2D eigenvalue weighted by Gasteiger charge is 2.21. The maximum atomic E-state index is 14.2. The Hall–Kier alpha value is -2.73. The zero-order valence-corrected chi connectivity index (χ0v) is 13.4. The van der Waals surface area contributed by atoms with Crippen LogP contribution in [0.2, 0.25) is 5.02 Å². The van der Waals surface area contributed by atoms with E-state index in [1.807, 2.05) is 0 Å². The maximum Gasteiger partial charge on any atom is 0.255 e. The molecule has 122 valence electrons. The van der Waals surface area contributed by atoms with Gasteiger partial charge in [-0.15, -0.1) is 0 Å². The smallest absolute Gasteiger partial charge is 0.255 e. The van der Waals surface area contributed by atoms with Gasteiger partial charge in [-0.1, -0.05) is 29.8 Å². The Bertz CT molecular complexity index is 880. The fourth-order valence-corrected chi connectivity index (χ4v) is 2.82. The highest BCUT2D eigenvalue weighted by atomic mass is 35.5. The second-order valence-corrected chi connectivity index (χ2v) is 5.72. The second kappa shape index (κ2) is 6.41. The molecule has 1 N–H and O–H groups in total. The summed E-state index contributed by atoms with van der Waals surface area (Å²) in [5.74, 6) is -0.403. The monoisotopic (exact) mass is 345 g/mol. The van der Waals surface area contributed by atoms with E-state index in [2.05, 4.69) is 10.3 Å². The van der Waals surface area contributed by atoms with Gasteiger partial charge in [0.2, 0.25) is 0 Å². The molecule has 1 aliphatic heterocycles. The van der Waals surface area contributed by atoms with Gasteiger partial charge < -0.3 is 5.32 Å². The molecule has 0 fully saturated rings. The lowest BCUT2D eigenvalue weighted by Crippen LogP contribution is -2.12. The van der Waals surface area contributed by atoms with E-state index in [-0.39, 0.29) is 0 Å². The van der Waals surface area contributed by atoms with E-state index in [1.165, 1.54) is 6.07 Å². The van der Waals surface area contributed by atoms with Crippen molar-refractivity contribution in [2.45, 2.75) is 13.0 Å². The molecule has 0 saturated heterocycles. The first-order chi connectivity index (χ1) is 11.5. The number of anilines is 1. The first-order valence-electron chi connectivity index (χ1n) is 7.20. The molecule has 0 amide bonds. The topological polar surface area (TPSA) is 67.5 Å². The maximum absolute atomic E-state index is 14.2. The minimum absolute atomic E-state index is 0.344. The van der Waals surface area contributed by atoms with Crippen molar-refractivity contribution >= 4 is 23.5 Å². The molecule has 1 aliphatic rings. The van der Waals surface area contributed by atoms with Crippen LogP contribution >= 0.6 is 11.6 Å². The van der Waals surface area contributed by atoms with Gasteiger partial charge in [-0.05, 0) is 25.1 Å². The van der Waals surface area contributed by atoms with Crippen molar-refractivity contribution < 1.29 is 9.31 Å². The number of aliphatic imine (C=N–C) groups is 1. The van der Waals surface area contributed by atoms with Crippen molar-refractivity contribution in [3.05, 3.63) is 74.8 Å². The van der Waals surface area contributed by atoms with E-state index >= 15 is 0 Å². The summed E-state index contributed by atoms with van der Waals surface area (Å²) in [5.41, 5.74) is 2.36. The first kappa shape index (κ1) is 16.1. The number of fused-ring (bicyclic) bond motifs is 1. The number of nitrogens with one attached hydrogen (secondary N) is 1. The highest BCUT2D eigenvalue weighted by molar-refractivity contribution is 6.34. The van der Waals surface area contributed by atoms with E-state index in [4.69, 9.17) is 11.6 Å². The van der Waals surface area contributed by atoms with Crippen molar-refractivity contribution in [3.8, 4) is 11.1 Å². The van der Waals surface area contributed by atoms with Crippen LogP contribution in [0.1, 0.15) is 12.5 Å². The van der Waals surface area contributed by atoms with Crippen LogP contribution in [0.3, 0.4) is 0 Å². The summed E-state index contributed by atoms with van der Waals surface area (Å²) in [6.45, 7) is 1.73. The van der Waals surface area contributed by atoms with E-state index in [9.17, 15) is 14.5 Å². The average molecular weight is 346 g/mol. The molecule has 0 aromatic heterocycles. The van der Waals surface area contributed by atoms with Crippen LogP contribution in [0, 0.1) is 15.9 Å². The van der Waals surface area contributed by atoms with E-state index < -0.39 is 16.8 Å². The van der Waals surface area contributed by atoms with Gasteiger partial charge in [0.05, 0.1) is 11.0 Å². The van der Waals surface area contributed by atoms with Crippen LogP contribution in [-0.2, 0) is 0 Å². The van der Waals surface area contributed by atoms with Gasteiger partial charge in [0.15, 0.2) is 0 Å². The molecule has 2 aromatic rings. The number of benzodiazepines with no additional fused rings is 1. The van der Waals surface area contributed by atoms with Gasteiger partial charge in [0, 0.05) is 33.6 Å². The number of benzene rings is 2. The summed E-state index contributed by atoms with van der Waals surface area (Å²) in [6, 6.07) is 9.19. The van der Waals surface area contributed by atoms with Crippen LogP contribution in [0.25, 0.3) is 11.1 Å². The summed E-state index contributed by atoms with van der Waals surface area (Å²) < 4.78 is 14.2. The third-order valence-corrected chi connectivity index (χ3v) is 4.05. The molecule has 2 aromatic carbocycles. The molecule has 0 radical (unpaired) electrons. The van der Waals surface area contributed by atoms with Gasteiger partial charge in [-0.2, -0.15) is 0 Å². The van der Waals surface area contributed by atoms with Crippen molar-refractivity contribution in [1.82, 2.24) is 0 Å². The number of nitrogens with zero attached hydrogens (tertiary/aromatic N) is 2. The van der Waals surface area contributed by atoms with Gasteiger partial charge in [-0.3, -0.25) is 15.1 Å². The predicted octanol–water partition coefficient (Wildman–Crippen LogP) is 4.50. The number of hydrogen-bond acceptors (Lipinski definition) is 4. The molecule has 1 heterocycles. The van der Waals surface area contributed by atoms with E-state index in [0.29, 0.717) is 33.1 Å². The molecular weight excluding hydrogens is 333 g/mol. The van der Waals surface area contributed by atoms with Crippen LogP contribution in [-0.4, -0.2) is 17.2 Å². The SMILES string of the molecule is CC1N=Cc2c(ccc(Cl)c2-c2ccccc2F)NC1=C[N+](=O)[O-]. The second-order valence-electron chi connectivity index (χ2n) is 5.31. The Morgan fingerprint density at radius 2 is 2.08 bits per heavy atom. The summed E-state index contributed by atoms with van der Waals surface area (Å²) in [6.07, 6.45) is 2.45. The molecule has 0 saturated carbocycles. The number of halogens is 2. The highest BCUT2D eigenvalue weighted by Crippen LogP contribution is 2.37. The summed E-state index contributed by atoms with van der Waals surface area (Å²) in [4.78, 5) is 14.6. The summed E-state index contributed by atoms with van der Waals surface area (Å²) >= 11 is 6.30. The summed E-state index contributed by atoms with van der Waals surface area (Å²) in [5, 5.41) is 14.2. The summed E-state index contributed by atoms with van der Waals surface area (Å²) in [7, 11) is 0. The van der Waals surface area contributed by atoms with Crippen molar-refractivity contribution in [3.63, 3.8) is 0 Å². The normalized spacial score (nSPS) is 18.0. The van der Waals surface area contributed by atoms with Crippen LogP contribution < -0.4 is 5.32 Å². The fourth-order valence-electron chi connectivity index (χ4n) is 2.55. The lowest BCUT2D eigenvalue weighted by atomic mass is 9.98. The number of hydrogen-bond donors (Lipinski definition) is 1. The third-order valence-electron chi connectivity index (χ3n) is 3.74. The standard InChI is InChI=1S/C17H13ClFN3O2/c1-10-16(9-22(23)24)21-15-7-6-13(18)17(12(15)8-20-10)11-4-2-3-5-14(11)19/h2-10,21H,1H3. The van der Waals surface area contributed by atoms with Crippen molar-refractivity contribution in [2.24, 2.45) is 4.99 Å². The Kier molecular flexibility index (Phi) is 4.31. The quantitative estimate of drug-likeness (QED) is 0.643. The molecule has 5 nitrogen and oxygen atoms in total. The van der Waals surface area contributed by atoms with Crippen LogP contribution in [0.15, 0.2) is 53.3 Å². The van der Waals surface area contributed by atoms with Crippen LogP contribution in [0.4, 0.5) is 10.1 Å². The molecule has 1 unspecified atom stereocenters. The molecule has 3 rings (SSSR count). The molecule has 0 spiro atoms. The minimum Gasteiger partial charge on any atom is -0.352 e. The molecule has 1 atom stereocenters. The first-order valence-corrected chi connectivity index (χ1v) is 7.58. The lowest BCUT2D eigenvalue weighted by molar-refractivity contribution is -0.403. The van der Waals surface area contributed by atoms with Gasteiger partial charge >= 0.3 is 0 Å². The Labute approximate surface area is 142 Å². The Morgan fingerprint density at radius 3 is 2.79 bits per heavy atom. The molecule has 0 bridgehead atoms. The molecular formula is C17H13ClFN3O2. The Balaban J connectivity index is 2.21. The van der Waals surface area contributed by atoms with Crippen molar-refractivity contribution in [2.75, 3.05) is 5.32 Å². The van der Waals surface area contributed by atoms with E-state index in [0.717, 1.165) is 6.20 Å². The fraction of sp³-hybridized carbons (Fsp3) is 0.118. The number of rotatable bonds is 2. The zero-order valence-electron chi connectivity index (χ0n) is 12.7. The molecule has 7 heteroatoms. The van der Waals surface area contributed by atoms with Gasteiger partial charge in [0.25, 0.3) is 6.20 Å². The lowest BCUT2D eigenvalue weighted by Gasteiger charge is -2.14. The van der Waals surface area contributed by atoms with Crippen LogP contribution in [0.5, 0.6) is 0 Å². The third kappa shape index (κ3) is 3.00. The van der Waals surface area contributed by atoms with Gasteiger partial charge in [0.1, 0.15) is 11.5 Å². The van der Waals surface area contributed by atoms with E-state index in [1.54, 1.807) is 43.5 Å². The Morgan fingerprint density at radius 1 is 1.33 bits per heavy atom. The zero-order chi connectivity index (χ0) is 17.3. The molecule has 24 heavy (non-hydrogen) atoms. The van der Waals surface area contributed by atoms with Crippen molar-refractivity contribution in [1.29, 1.82) is 0 Å².